The monoisotopic (exact) mass is 262 g/mol. The van der Waals surface area contributed by atoms with E-state index in [1.54, 1.807) is 0 Å². The van der Waals surface area contributed by atoms with Gasteiger partial charge in [-0.05, 0) is 12.5 Å². The largest absolute Gasteiger partial charge is 0.673 e. The van der Waals surface area contributed by atoms with E-state index in [1.807, 2.05) is 0 Å². The van der Waals surface area contributed by atoms with Crippen molar-refractivity contribution in [3.8, 4) is 0 Å². The minimum atomic E-state index is -6.00. The number of hydrogen-bond acceptors (Lipinski definition) is 0. The van der Waals surface area contributed by atoms with Crippen LogP contribution in [0.4, 0.5) is 17.3 Å². The number of halogens is 4. The molecule has 0 saturated heterocycles. The molecule has 0 fully saturated rings. The summed E-state index contributed by atoms with van der Waals surface area (Å²) in [7, 11) is -6.00. The second kappa shape index (κ2) is 6.42. The average molecular weight is 262 g/mol. The molecule has 2 heterocycles. The number of unbranched alkanes of at least 4 members (excludes halogenated alkanes) is 1. The number of aryl methyl sites for hydroxylation is 1. The minimum absolute atomic E-state index is 1.12. The van der Waals surface area contributed by atoms with Crippen molar-refractivity contribution in [1.82, 2.24) is 4.40 Å². The van der Waals surface area contributed by atoms with E-state index in [-0.39, 0.29) is 0 Å². The molecule has 0 aromatic carbocycles. The third-order valence-electron chi connectivity index (χ3n) is 2.32. The molecule has 0 N–H and O–H groups in total. The predicted octanol–water partition coefficient (Wildman–Crippen LogP) is 3.33. The van der Waals surface area contributed by atoms with Crippen LogP contribution >= 0.6 is 0 Å². The van der Waals surface area contributed by atoms with Gasteiger partial charge in [0.05, 0.1) is 12.7 Å². The maximum atomic E-state index is 9.75. The molecule has 0 aliphatic heterocycles. The van der Waals surface area contributed by atoms with Crippen molar-refractivity contribution in [2.45, 2.75) is 26.3 Å². The fraction of sp³-hybridized carbons (Fsp3) is 0.364. The Morgan fingerprint density at radius 2 is 1.83 bits per heavy atom. The van der Waals surface area contributed by atoms with Gasteiger partial charge in [-0.2, -0.15) is 0 Å². The van der Waals surface area contributed by atoms with E-state index in [4.69, 9.17) is 0 Å². The lowest BCUT2D eigenvalue weighted by atomic mass is 10.3. The number of rotatable bonds is 3. The van der Waals surface area contributed by atoms with Gasteiger partial charge in [-0.3, -0.25) is 0 Å². The Morgan fingerprint density at radius 3 is 2.44 bits per heavy atom. The fourth-order valence-corrected chi connectivity index (χ4v) is 1.56. The molecule has 100 valence electrons. The first-order valence-corrected chi connectivity index (χ1v) is 5.74. The number of pyridine rings is 1. The van der Waals surface area contributed by atoms with Crippen LogP contribution in [0, 0.1) is 0 Å². The Labute approximate surface area is 103 Å². The highest BCUT2D eigenvalue weighted by atomic mass is 19.5. The summed E-state index contributed by atoms with van der Waals surface area (Å²) in [6.45, 7) is 3.34. The molecule has 0 aliphatic rings. The Hall–Kier alpha value is -1.53. The molecule has 0 atom stereocenters. The topological polar surface area (TPSA) is 8.29 Å². The van der Waals surface area contributed by atoms with Gasteiger partial charge < -0.3 is 17.3 Å². The van der Waals surface area contributed by atoms with Crippen LogP contribution in [0.15, 0.2) is 36.8 Å². The van der Waals surface area contributed by atoms with E-state index >= 15 is 0 Å². The predicted molar refractivity (Wildman–Crippen MR) is 62.7 cm³/mol. The van der Waals surface area contributed by atoms with Gasteiger partial charge in [0.2, 0.25) is 0 Å². The summed E-state index contributed by atoms with van der Waals surface area (Å²) in [5, 5.41) is 0. The van der Waals surface area contributed by atoms with Crippen molar-refractivity contribution >= 4 is 12.9 Å². The molecule has 18 heavy (non-hydrogen) atoms. The SMILES string of the molecule is CCCC[n+]1ccn2ccccc21.F[B-](F)(F)F. The first-order chi connectivity index (χ1) is 8.42. The van der Waals surface area contributed by atoms with Crippen LogP contribution in [0.2, 0.25) is 0 Å². The number of hydrogen-bond donors (Lipinski definition) is 0. The lowest BCUT2D eigenvalue weighted by Gasteiger charge is -1.94. The molecule has 0 radical (unpaired) electrons. The zero-order valence-electron chi connectivity index (χ0n) is 10.1. The summed E-state index contributed by atoms with van der Waals surface area (Å²) in [6, 6.07) is 6.28. The fourth-order valence-electron chi connectivity index (χ4n) is 1.56. The highest BCUT2D eigenvalue weighted by Crippen LogP contribution is 2.06. The molecule has 0 bridgehead atoms. The quantitative estimate of drug-likeness (QED) is 0.455. The number of imidazole rings is 1. The first kappa shape index (κ1) is 14.5. The second-order valence-corrected chi connectivity index (χ2v) is 3.81. The molecule has 0 unspecified atom stereocenters. The van der Waals surface area contributed by atoms with Crippen LogP contribution in [0.3, 0.4) is 0 Å². The second-order valence-electron chi connectivity index (χ2n) is 3.81. The summed E-state index contributed by atoms with van der Waals surface area (Å²) < 4.78 is 43.4. The summed E-state index contributed by atoms with van der Waals surface area (Å²) in [5.74, 6) is 0. The normalized spacial score (nSPS) is 11.2. The molecule has 2 rings (SSSR count). The lowest BCUT2D eigenvalue weighted by molar-refractivity contribution is -0.671. The van der Waals surface area contributed by atoms with Gasteiger partial charge in [0.25, 0.3) is 5.65 Å². The number of nitrogens with zero attached hydrogens (tertiary/aromatic N) is 2. The Morgan fingerprint density at radius 1 is 1.17 bits per heavy atom. The van der Waals surface area contributed by atoms with Crippen LogP contribution in [-0.2, 0) is 6.54 Å². The van der Waals surface area contributed by atoms with E-state index in [1.165, 1.54) is 18.5 Å². The molecule has 2 aromatic heterocycles. The average Bonchev–Trinajstić information content (AvgIpc) is 2.67. The van der Waals surface area contributed by atoms with E-state index in [9.17, 15) is 17.3 Å². The number of aromatic nitrogens is 2. The molecule has 0 amide bonds. The Bertz CT molecular complexity index is 475. The first-order valence-electron chi connectivity index (χ1n) is 5.74. The Kier molecular flexibility index (Phi) is 5.18. The molecular weight excluding hydrogens is 247 g/mol. The van der Waals surface area contributed by atoms with Crippen LogP contribution in [0.25, 0.3) is 5.65 Å². The molecule has 0 spiro atoms. The van der Waals surface area contributed by atoms with Crippen LogP contribution in [0.1, 0.15) is 19.8 Å². The Balaban J connectivity index is 0.000000280. The maximum absolute atomic E-state index is 9.75. The molecule has 2 nitrogen and oxygen atoms in total. The third kappa shape index (κ3) is 5.20. The highest BCUT2D eigenvalue weighted by Gasteiger charge is 2.20. The van der Waals surface area contributed by atoms with Gasteiger partial charge in [0, 0.05) is 6.07 Å². The van der Waals surface area contributed by atoms with E-state index < -0.39 is 7.25 Å². The molecular formula is C11H15BF4N2. The summed E-state index contributed by atoms with van der Waals surface area (Å²) in [5.41, 5.74) is 1.27. The van der Waals surface area contributed by atoms with Crippen LogP contribution < -0.4 is 4.57 Å². The molecule has 2 aromatic rings. The van der Waals surface area contributed by atoms with E-state index in [0.29, 0.717) is 0 Å². The maximum Gasteiger partial charge on any atom is 0.673 e. The molecule has 7 heteroatoms. The van der Waals surface area contributed by atoms with Crippen molar-refractivity contribution in [2.24, 2.45) is 0 Å². The van der Waals surface area contributed by atoms with Crippen molar-refractivity contribution in [3.63, 3.8) is 0 Å². The van der Waals surface area contributed by atoms with Gasteiger partial charge in [0.15, 0.2) is 0 Å². The lowest BCUT2D eigenvalue weighted by Crippen LogP contribution is -2.31. The zero-order valence-corrected chi connectivity index (χ0v) is 10.1. The standard InChI is InChI=1S/C11H15N2.BF4/c1-2-3-7-12-9-10-13-8-5-4-6-11(12)13;2-1(3,4)5/h4-6,8-10H,2-3,7H2,1H3;/q+1;-1. The van der Waals surface area contributed by atoms with Gasteiger partial charge >= 0.3 is 7.25 Å². The number of fused-ring (bicyclic) bond motifs is 1. The third-order valence-corrected chi connectivity index (χ3v) is 2.32. The molecule has 0 saturated carbocycles. The molecule has 0 aliphatic carbocycles. The summed E-state index contributed by atoms with van der Waals surface area (Å²) >= 11 is 0. The zero-order chi connectivity index (χ0) is 13.6. The van der Waals surface area contributed by atoms with E-state index in [0.717, 1.165) is 6.54 Å². The summed E-state index contributed by atoms with van der Waals surface area (Å²) in [4.78, 5) is 0. The van der Waals surface area contributed by atoms with Gasteiger partial charge in [0.1, 0.15) is 12.4 Å². The van der Waals surface area contributed by atoms with Crippen molar-refractivity contribution in [3.05, 3.63) is 36.8 Å². The van der Waals surface area contributed by atoms with Crippen molar-refractivity contribution in [1.29, 1.82) is 0 Å². The highest BCUT2D eigenvalue weighted by molar-refractivity contribution is 6.50. The van der Waals surface area contributed by atoms with Gasteiger partial charge in [-0.25, -0.2) is 8.97 Å². The van der Waals surface area contributed by atoms with Crippen molar-refractivity contribution < 1.29 is 21.8 Å². The summed E-state index contributed by atoms with van der Waals surface area (Å²) in [6.07, 6.45) is 8.82. The van der Waals surface area contributed by atoms with Gasteiger partial charge in [-0.1, -0.05) is 19.4 Å². The van der Waals surface area contributed by atoms with Crippen LogP contribution in [0.5, 0.6) is 0 Å². The smallest absolute Gasteiger partial charge is 0.418 e. The minimum Gasteiger partial charge on any atom is -0.418 e. The van der Waals surface area contributed by atoms with Gasteiger partial charge in [-0.15, -0.1) is 0 Å². The van der Waals surface area contributed by atoms with Crippen LogP contribution in [-0.4, -0.2) is 11.7 Å². The van der Waals surface area contributed by atoms with Crippen molar-refractivity contribution in [2.75, 3.05) is 0 Å². The van der Waals surface area contributed by atoms with E-state index in [2.05, 4.69) is 52.7 Å².